The summed E-state index contributed by atoms with van der Waals surface area (Å²) in [6, 6.07) is 5.47. The van der Waals surface area contributed by atoms with Gasteiger partial charge in [0.05, 0.1) is 11.7 Å². The number of hydrogen-bond donors (Lipinski definition) is 0. The number of nitriles is 1. The summed E-state index contributed by atoms with van der Waals surface area (Å²) in [6.07, 6.45) is 1.08. The molecule has 0 saturated heterocycles. The van der Waals surface area contributed by atoms with Crippen molar-refractivity contribution in [1.82, 2.24) is 9.55 Å². The van der Waals surface area contributed by atoms with Gasteiger partial charge in [0.15, 0.2) is 0 Å². The summed E-state index contributed by atoms with van der Waals surface area (Å²) < 4.78 is 6.83. The molecule has 0 fully saturated rings. The number of pyridine rings is 1. The first kappa shape index (κ1) is 13.1. The normalized spacial score (nSPS) is 11.3. The highest BCUT2D eigenvalue weighted by Gasteiger charge is 2.21. The van der Waals surface area contributed by atoms with Gasteiger partial charge in [-0.05, 0) is 39.8 Å². The number of ether oxygens (including phenoxy) is 1. The van der Waals surface area contributed by atoms with Crippen molar-refractivity contribution < 1.29 is 9.53 Å². The van der Waals surface area contributed by atoms with Gasteiger partial charge in [0, 0.05) is 11.1 Å². The Kier molecular flexibility index (Phi) is 3.03. The zero-order valence-corrected chi connectivity index (χ0v) is 11.4. The number of nitrogens with zero attached hydrogens (tertiary/aromatic N) is 3. The molecule has 0 radical (unpaired) electrons. The summed E-state index contributed by atoms with van der Waals surface area (Å²) in [7, 11) is 0. The lowest BCUT2D eigenvalue weighted by molar-refractivity contribution is 0.0541. The first-order valence-corrected chi connectivity index (χ1v) is 5.93. The molecule has 0 spiro atoms. The van der Waals surface area contributed by atoms with Crippen molar-refractivity contribution in [1.29, 1.82) is 5.26 Å². The number of hydrogen-bond acceptors (Lipinski definition) is 4. The van der Waals surface area contributed by atoms with Gasteiger partial charge in [-0.15, -0.1) is 0 Å². The van der Waals surface area contributed by atoms with E-state index in [1.165, 1.54) is 10.8 Å². The second-order valence-corrected chi connectivity index (χ2v) is 5.34. The molecule has 98 valence electrons. The molecule has 19 heavy (non-hydrogen) atoms. The Morgan fingerprint density at radius 2 is 2.11 bits per heavy atom. The van der Waals surface area contributed by atoms with Gasteiger partial charge in [-0.25, -0.2) is 14.3 Å². The monoisotopic (exact) mass is 257 g/mol. The van der Waals surface area contributed by atoms with E-state index in [0.717, 1.165) is 11.1 Å². The minimum Gasteiger partial charge on any atom is -0.443 e. The Balaban J connectivity index is 2.52. The fourth-order valence-corrected chi connectivity index (χ4v) is 1.86. The number of aryl methyl sites for hydroxylation is 1. The van der Waals surface area contributed by atoms with Gasteiger partial charge in [0.1, 0.15) is 17.4 Å². The zero-order chi connectivity index (χ0) is 14.2. The highest BCUT2D eigenvalue weighted by Crippen LogP contribution is 2.21. The first-order valence-electron chi connectivity index (χ1n) is 5.93. The third kappa shape index (κ3) is 2.58. The molecule has 0 bridgehead atoms. The van der Waals surface area contributed by atoms with E-state index in [1.807, 2.05) is 39.8 Å². The molecule has 0 aromatic carbocycles. The Morgan fingerprint density at radius 3 is 2.68 bits per heavy atom. The third-order valence-corrected chi connectivity index (χ3v) is 2.56. The maximum absolute atomic E-state index is 12.2. The van der Waals surface area contributed by atoms with Crippen molar-refractivity contribution in [2.75, 3.05) is 0 Å². The predicted molar refractivity (Wildman–Crippen MR) is 70.8 cm³/mol. The molecule has 2 aromatic heterocycles. The summed E-state index contributed by atoms with van der Waals surface area (Å²) in [5.74, 6) is 0. The Bertz CT molecular complexity index is 687. The van der Waals surface area contributed by atoms with Crippen LogP contribution in [0.15, 0.2) is 18.3 Å². The van der Waals surface area contributed by atoms with Gasteiger partial charge in [0.2, 0.25) is 0 Å². The molecule has 0 aliphatic heterocycles. The van der Waals surface area contributed by atoms with Crippen LogP contribution in [-0.2, 0) is 4.74 Å². The molecular formula is C14H15N3O2. The van der Waals surface area contributed by atoms with E-state index in [2.05, 4.69) is 4.98 Å². The van der Waals surface area contributed by atoms with Crippen molar-refractivity contribution in [3.8, 4) is 6.07 Å². The van der Waals surface area contributed by atoms with Crippen LogP contribution >= 0.6 is 0 Å². The second kappa shape index (κ2) is 4.39. The number of aromatic nitrogens is 2. The standard InChI is InChI=1S/C14H15N3O2/c1-9-5-10-6-11(7-15)16-8-12(10)17(9)13(18)19-14(2,3)4/h5-6,8H,1-4H3. The molecule has 0 aliphatic carbocycles. The smallest absolute Gasteiger partial charge is 0.419 e. The summed E-state index contributed by atoms with van der Waals surface area (Å²) >= 11 is 0. The molecule has 2 heterocycles. The molecule has 0 N–H and O–H groups in total. The van der Waals surface area contributed by atoms with E-state index in [0.29, 0.717) is 11.2 Å². The van der Waals surface area contributed by atoms with E-state index in [1.54, 1.807) is 6.07 Å². The zero-order valence-electron chi connectivity index (χ0n) is 11.4. The van der Waals surface area contributed by atoms with E-state index in [9.17, 15) is 4.79 Å². The van der Waals surface area contributed by atoms with Crippen molar-refractivity contribution in [2.45, 2.75) is 33.3 Å². The lowest BCUT2D eigenvalue weighted by Gasteiger charge is -2.20. The van der Waals surface area contributed by atoms with Gasteiger partial charge in [0.25, 0.3) is 0 Å². The molecule has 0 atom stereocenters. The summed E-state index contributed by atoms with van der Waals surface area (Å²) in [4.78, 5) is 16.1. The number of rotatable bonds is 0. The van der Waals surface area contributed by atoms with E-state index in [-0.39, 0.29) is 0 Å². The molecule has 5 nitrogen and oxygen atoms in total. The number of carbonyl (C=O) groups excluding carboxylic acids is 1. The first-order chi connectivity index (χ1) is 8.81. The largest absolute Gasteiger partial charge is 0.443 e. The van der Waals surface area contributed by atoms with Crippen LogP contribution in [-0.4, -0.2) is 21.2 Å². The van der Waals surface area contributed by atoms with Crippen LogP contribution in [0.3, 0.4) is 0 Å². The Hall–Kier alpha value is -2.35. The van der Waals surface area contributed by atoms with E-state index < -0.39 is 11.7 Å². The Morgan fingerprint density at radius 1 is 1.42 bits per heavy atom. The average molecular weight is 257 g/mol. The summed E-state index contributed by atoms with van der Waals surface area (Å²) in [6.45, 7) is 7.27. The number of fused-ring (bicyclic) bond motifs is 1. The van der Waals surface area contributed by atoms with Crippen molar-refractivity contribution in [3.63, 3.8) is 0 Å². The summed E-state index contributed by atoms with van der Waals surface area (Å²) in [5, 5.41) is 9.63. The van der Waals surface area contributed by atoms with Crippen molar-refractivity contribution >= 4 is 17.0 Å². The highest BCUT2D eigenvalue weighted by molar-refractivity contribution is 5.90. The molecule has 0 aliphatic rings. The Labute approximate surface area is 111 Å². The van der Waals surface area contributed by atoms with Gasteiger partial charge in [-0.1, -0.05) is 0 Å². The maximum Gasteiger partial charge on any atom is 0.419 e. The molecule has 5 heteroatoms. The van der Waals surface area contributed by atoms with Gasteiger partial charge < -0.3 is 4.74 Å². The molecule has 0 amide bonds. The molecule has 0 saturated carbocycles. The highest BCUT2D eigenvalue weighted by atomic mass is 16.6. The average Bonchev–Trinajstić information content (AvgIpc) is 2.61. The lowest BCUT2D eigenvalue weighted by Crippen LogP contribution is -2.27. The summed E-state index contributed by atoms with van der Waals surface area (Å²) in [5.41, 5.74) is 1.17. The second-order valence-electron chi connectivity index (χ2n) is 5.34. The van der Waals surface area contributed by atoms with Crippen LogP contribution in [0.25, 0.3) is 10.9 Å². The molecule has 2 rings (SSSR count). The van der Waals surface area contributed by atoms with Crippen LogP contribution in [0.4, 0.5) is 4.79 Å². The van der Waals surface area contributed by atoms with Crippen LogP contribution < -0.4 is 0 Å². The van der Waals surface area contributed by atoms with Gasteiger partial charge in [-0.3, -0.25) is 0 Å². The lowest BCUT2D eigenvalue weighted by atomic mass is 10.2. The topological polar surface area (TPSA) is 67.9 Å². The van der Waals surface area contributed by atoms with Crippen molar-refractivity contribution in [3.05, 3.63) is 29.7 Å². The van der Waals surface area contributed by atoms with Crippen molar-refractivity contribution in [2.24, 2.45) is 0 Å². The van der Waals surface area contributed by atoms with Crippen LogP contribution in [0.1, 0.15) is 32.2 Å². The minimum atomic E-state index is -0.555. The maximum atomic E-state index is 12.2. The SMILES string of the molecule is Cc1cc2cc(C#N)ncc2n1C(=O)OC(C)(C)C. The quantitative estimate of drug-likeness (QED) is 0.727. The van der Waals surface area contributed by atoms with Gasteiger partial charge >= 0.3 is 6.09 Å². The predicted octanol–water partition coefficient (Wildman–Crippen LogP) is 3.00. The van der Waals surface area contributed by atoms with Crippen LogP contribution in [0.5, 0.6) is 0 Å². The molecule has 2 aromatic rings. The molecule has 0 unspecified atom stereocenters. The fourth-order valence-electron chi connectivity index (χ4n) is 1.86. The number of carbonyl (C=O) groups is 1. The van der Waals surface area contributed by atoms with E-state index in [4.69, 9.17) is 10.00 Å². The van der Waals surface area contributed by atoms with Crippen LogP contribution in [0.2, 0.25) is 0 Å². The molecular weight excluding hydrogens is 242 g/mol. The minimum absolute atomic E-state index is 0.328. The fraction of sp³-hybridized carbons (Fsp3) is 0.357. The van der Waals surface area contributed by atoms with E-state index >= 15 is 0 Å². The van der Waals surface area contributed by atoms with Crippen LogP contribution in [0, 0.1) is 18.3 Å². The van der Waals surface area contributed by atoms with Gasteiger partial charge in [-0.2, -0.15) is 5.26 Å². The third-order valence-electron chi connectivity index (χ3n) is 2.56.